The Morgan fingerprint density at radius 3 is 2.38 bits per heavy atom. The third-order valence-corrected chi connectivity index (χ3v) is 11.7. The van der Waals surface area contributed by atoms with Gasteiger partial charge in [0.05, 0.1) is 10.9 Å². The van der Waals surface area contributed by atoms with Gasteiger partial charge in [-0.25, -0.2) is 9.18 Å². The van der Waals surface area contributed by atoms with Gasteiger partial charge in [-0.05, 0) is 64.2 Å². The minimum Gasteiger partial charge on any atom is -0.366 e. The molecule has 2 aromatic carbocycles. The number of urea groups is 1. The summed E-state index contributed by atoms with van der Waals surface area (Å²) in [6.07, 6.45) is 3.12. The number of carbonyl (C=O) groups excluding carboxylic acids is 3. The molecule has 3 saturated heterocycles. The maximum atomic E-state index is 15.6. The largest absolute Gasteiger partial charge is 0.366 e. The van der Waals surface area contributed by atoms with Crippen molar-refractivity contribution in [2.75, 3.05) is 62.6 Å². The number of hydrogen-bond donors (Lipinski definition) is 1. The maximum Gasteiger partial charge on any atom is 0.322 e. The van der Waals surface area contributed by atoms with E-state index < -0.39 is 5.25 Å². The van der Waals surface area contributed by atoms with Crippen LogP contribution in [0.5, 0.6) is 0 Å². The third kappa shape index (κ3) is 7.11. The second kappa shape index (κ2) is 14.0. The Balaban J connectivity index is 1.10. The molecule has 0 aliphatic carbocycles. The van der Waals surface area contributed by atoms with Crippen molar-refractivity contribution >= 4 is 41.0 Å². The van der Waals surface area contributed by atoms with E-state index in [1.54, 1.807) is 6.07 Å². The molecule has 0 saturated carbocycles. The molecule has 1 N–H and O–H groups in total. The molecule has 1 unspecified atom stereocenters. The van der Waals surface area contributed by atoms with Gasteiger partial charge in [-0.2, -0.15) is 0 Å². The lowest BCUT2D eigenvalue weighted by Crippen LogP contribution is -2.53. The van der Waals surface area contributed by atoms with Crippen molar-refractivity contribution in [1.82, 2.24) is 19.6 Å². The summed E-state index contributed by atoms with van der Waals surface area (Å²) in [5.74, 6) is -0.337. The van der Waals surface area contributed by atoms with Gasteiger partial charge >= 0.3 is 6.03 Å². The molecule has 3 fully saturated rings. The van der Waals surface area contributed by atoms with E-state index in [-0.39, 0.29) is 47.0 Å². The highest BCUT2D eigenvalue weighted by molar-refractivity contribution is 8.01. The summed E-state index contributed by atoms with van der Waals surface area (Å²) in [7, 11) is 0. The third-order valence-electron chi connectivity index (χ3n) is 10.2. The molecule has 9 nitrogen and oxygen atoms in total. The van der Waals surface area contributed by atoms with Crippen LogP contribution in [-0.4, -0.2) is 107 Å². The predicted octanol–water partition coefficient (Wildman–Crippen LogP) is 5.57. The number of carbonyl (C=O) groups is 3. The van der Waals surface area contributed by atoms with Crippen LogP contribution in [-0.2, 0) is 16.0 Å². The minimum absolute atomic E-state index is 0.0307. The van der Waals surface area contributed by atoms with Crippen molar-refractivity contribution in [3.8, 4) is 0 Å². The van der Waals surface area contributed by atoms with Crippen LogP contribution >= 0.6 is 11.8 Å². The fourth-order valence-electron chi connectivity index (χ4n) is 7.55. The Hall–Kier alpha value is -3.31. The van der Waals surface area contributed by atoms with Crippen LogP contribution in [0, 0.1) is 5.82 Å². The predicted molar refractivity (Wildman–Crippen MR) is 186 cm³/mol. The summed E-state index contributed by atoms with van der Waals surface area (Å²) in [5, 5.41) is 2.20. The molecular formula is C36H49FN6O3S. The minimum atomic E-state index is -0.513. The number of nitrogens with one attached hydrogen (secondary N) is 1. The molecule has 0 spiro atoms. The zero-order chi connectivity index (χ0) is 33.3. The van der Waals surface area contributed by atoms with E-state index in [4.69, 9.17) is 0 Å². The number of likely N-dealkylation sites (tertiary alicyclic amines) is 1. The average Bonchev–Trinajstić information content (AvgIpc) is 3.24. The lowest BCUT2D eigenvalue weighted by Gasteiger charge is -2.43. The number of rotatable bonds is 7. The number of nitrogens with zero attached hydrogens (tertiary/aromatic N) is 5. The van der Waals surface area contributed by atoms with Gasteiger partial charge in [-0.3, -0.25) is 14.5 Å². The number of piperidine rings is 1. The van der Waals surface area contributed by atoms with E-state index in [0.29, 0.717) is 57.8 Å². The number of fused-ring (bicyclic) bond motifs is 1. The van der Waals surface area contributed by atoms with E-state index in [1.165, 1.54) is 17.8 Å². The molecule has 4 aliphatic rings. The molecule has 4 heterocycles. The van der Waals surface area contributed by atoms with Gasteiger partial charge in [-0.1, -0.05) is 37.3 Å². The Morgan fingerprint density at radius 1 is 0.957 bits per heavy atom. The number of halogens is 1. The topological polar surface area (TPSA) is 79.4 Å². The highest BCUT2D eigenvalue weighted by Crippen LogP contribution is 2.48. The number of thioether (sulfide) groups is 1. The second-order valence-corrected chi connectivity index (χ2v) is 15.5. The van der Waals surface area contributed by atoms with Crippen LogP contribution < -0.4 is 10.2 Å². The average molecular weight is 665 g/mol. The van der Waals surface area contributed by atoms with Gasteiger partial charge in [0.25, 0.3) is 0 Å². The van der Waals surface area contributed by atoms with E-state index in [1.807, 2.05) is 45.9 Å². The van der Waals surface area contributed by atoms with Crippen molar-refractivity contribution < 1.29 is 18.8 Å². The molecule has 2 atom stereocenters. The SMILES string of the molecule is CCCN1C(=O)[C@@H](CC(=O)N2CCC(N3CCc4ccccc4NC3=O)CC2)SC1c1cccc(F)c1N1CCN(C(C)(C)C)CC1. The Labute approximate surface area is 282 Å². The van der Waals surface area contributed by atoms with E-state index >= 15 is 4.39 Å². The highest BCUT2D eigenvalue weighted by Gasteiger charge is 2.44. The van der Waals surface area contributed by atoms with Crippen molar-refractivity contribution in [3.63, 3.8) is 0 Å². The zero-order valence-electron chi connectivity index (χ0n) is 28.2. The Morgan fingerprint density at radius 2 is 1.68 bits per heavy atom. The van der Waals surface area contributed by atoms with Gasteiger partial charge in [-0.15, -0.1) is 11.8 Å². The second-order valence-electron chi connectivity index (χ2n) is 14.2. The lowest BCUT2D eigenvalue weighted by molar-refractivity contribution is -0.136. The van der Waals surface area contributed by atoms with Crippen LogP contribution in [0.1, 0.15) is 69.9 Å². The summed E-state index contributed by atoms with van der Waals surface area (Å²) in [5.41, 5.74) is 3.46. The number of hydrogen-bond acceptors (Lipinski definition) is 6. The summed E-state index contributed by atoms with van der Waals surface area (Å²) < 4.78 is 15.6. The number of amides is 4. The van der Waals surface area contributed by atoms with Gasteiger partial charge in [0.15, 0.2) is 0 Å². The van der Waals surface area contributed by atoms with Gasteiger partial charge in [0.2, 0.25) is 11.8 Å². The molecule has 2 aromatic rings. The lowest BCUT2D eigenvalue weighted by atomic mass is 10.0. The van der Waals surface area contributed by atoms with Crippen molar-refractivity contribution in [1.29, 1.82) is 0 Å². The first-order chi connectivity index (χ1) is 22.5. The van der Waals surface area contributed by atoms with Crippen LogP contribution in [0.2, 0.25) is 0 Å². The summed E-state index contributed by atoms with van der Waals surface area (Å²) >= 11 is 1.49. The molecule has 11 heteroatoms. The first kappa shape index (κ1) is 33.6. The molecule has 4 amide bonds. The molecule has 254 valence electrons. The van der Waals surface area contributed by atoms with Crippen molar-refractivity contribution in [2.45, 2.75) is 82.0 Å². The molecule has 0 radical (unpaired) electrons. The number of piperazine rings is 1. The standard InChI is InChI=1S/C36H49FN6O3S/c1-5-16-43-33(45)30(47-34(43)27-10-8-11-28(37)32(27)40-20-22-41(23-21-40)36(2,3)4)24-31(44)39-17-14-26(15-18-39)42-19-13-25-9-6-7-12-29(25)38-35(42)46/h6-12,26,30,34H,5,13-24H2,1-4H3,(H,38,46)/t30-,34?/m1/s1. The fraction of sp³-hybridized carbons (Fsp3) is 0.583. The van der Waals surface area contributed by atoms with Crippen LogP contribution in [0.25, 0.3) is 0 Å². The Kier molecular flexibility index (Phi) is 10.0. The normalized spacial score (nSPS) is 23.2. The van der Waals surface area contributed by atoms with Crippen LogP contribution in [0.15, 0.2) is 42.5 Å². The number of anilines is 2. The molecule has 47 heavy (non-hydrogen) atoms. The smallest absolute Gasteiger partial charge is 0.322 e. The Bertz CT molecular complexity index is 1470. The molecule has 0 bridgehead atoms. The van der Waals surface area contributed by atoms with E-state index in [2.05, 4.69) is 42.0 Å². The van der Waals surface area contributed by atoms with Gasteiger partial charge in [0, 0.05) is 81.6 Å². The van der Waals surface area contributed by atoms with Gasteiger partial charge < -0.3 is 24.9 Å². The molecular weight excluding hydrogens is 616 g/mol. The molecule has 0 aromatic heterocycles. The van der Waals surface area contributed by atoms with Crippen LogP contribution in [0.4, 0.5) is 20.6 Å². The van der Waals surface area contributed by atoms with Crippen molar-refractivity contribution in [2.24, 2.45) is 0 Å². The quantitative estimate of drug-likeness (QED) is 0.417. The fourth-order valence-corrected chi connectivity index (χ4v) is 9.05. The number of benzene rings is 2. The van der Waals surface area contributed by atoms with E-state index in [9.17, 15) is 14.4 Å². The zero-order valence-corrected chi connectivity index (χ0v) is 29.0. The summed E-state index contributed by atoms with van der Waals surface area (Å²) in [6, 6.07) is 13.1. The van der Waals surface area contributed by atoms with Crippen molar-refractivity contribution in [3.05, 3.63) is 59.4 Å². The first-order valence-electron chi connectivity index (χ1n) is 17.2. The molecule has 4 aliphatic heterocycles. The summed E-state index contributed by atoms with van der Waals surface area (Å²) in [4.78, 5) is 50.7. The highest BCUT2D eigenvalue weighted by atomic mass is 32.2. The summed E-state index contributed by atoms with van der Waals surface area (Å²) in [6.45, 7) is 14.1. The maximum absolute atomic E-state index is 15.6. The van der Waals surface area contributed by atoms with E-state index in [0.717, 1.165) is 42.7 Å². The van der Waals surface area contributed by atoms with Gasteiger partial charge in [0.1, 0.15) is 11.2 Å². The first-order valence-corrected chi connectivity index (χ1v) is 18.2. The van der Waals surface area contributed by atoms with Crippen LogP contribution in [0.3, 0.4) is 0 Å². The monoisotopic (exact) mass is 664 g/mol. The molecule has 6 rings (SSSR count). The number of para-hydroxylation sites is 2.